The van der Waals surface area contributed by atoms with Crippen molar-refractivity contribution >= 4 is 11.3 Å². The number of thiophene rings is 1. The van der Waals surface area contributed by atoms with Crippen LogP contribution in [0.15, 0.2) is 23.0 Å². The summed E-state index contributed by atoms with van der Waals surface area (Å²) in [5.74, 6) is 1.69. The number of hydrogen-bond acceptors (Lipinski definition) is 3. The number of rotatable bonds is 2. The van der Waals surface area contributed by atoms with Gasteiger partial charge in [0.05, 0.1) is 11.9 Å². The Hall–Kier alpha value is -1.13. The fourth-order valence-corrected chi connectivity index (χ4v) is 2.85. The van der Waals surface area contributed by atoms with Crippen molar-refractivity contribution in [1.29, 1.82) is 0 Å². The van der Waals surface area contributed by atoms with Crippen LogP contribution >= 0.6 is 11.3 Å². The van der Waals surface area contributed by atoms with Gasteiger partial charge in [-0.3, -0.25) is 0 Å². The first-order chi connectivity index (χ1) is 7.93. The minimum atomic E-state index is 0.557. The van der Waals surface area contributed by atoms with E-state index in [2.05, 4.69) is 32.1 Å². The van der Waals surface area contributed by atoms with Gasteiger partial charge in [0.1, 0.15) is 5.82 Å². The van der Waals surface area contributed by atoms with E-state index in [1.807, 2.05) is 6.20 Å². The Kier molecular flexibility index (Phi) is 2.76. The molecule has 1 saturated heterocycles. The molecule has 84 valence electrons. The molecule has 1 atom stereocenters. The summed E-state index contributed by atoms with van der Waals surface area (Å²) in [6, 6.07) is 2.13. The molecule has 0 radical (unpaired) electrons. The Morgan fingerprint density at radius 2 is 2.44 bits per heavy atom. The van der Waals surface area contributed by atoms with E-state index >= 15 is 0 Å². The number of aromatic nitrogens is 2. The first-order valence-corrected chi connectivity index (χ1v) is 6.66. The van der Waals surface area contributed by atoms with E-state index in [1.54, 1.807) is 11.3 Å². The van der Waals surface area contributed by atoms with Crippen molar-refractivity contribution in [2.24, 2.45) is 0 Å². The molecular formula is C12H15N3S. The molecule has 3 heterocycles. The molecule has 1 unspecified atom stereocenters. The van der Waals surface area contributed by atoms with Gasteiger partial charge in [-0.25, -0.2) is 4.98 Å². The van der Waals surface area contributed by atoms with Crippen molar-refractivity contribution < 1.29 is 0 Å². The Bertz CT molecular complexity index is 441. The molecule has 0 aliphatic carbocycles. The van der Waals surface area contributed by atoms with Crippen molar-refractivity contribution in [2.75, 3.05) is 13.1 Å². The molecule has 2 aromatic rings. The van der Waals surface area contributed by atoms with Crippen LogP contribution in [0.2, 0.25) is 0 Å². The summed E-state index contributed by atoms with van der Waals surface area (Å²) in [4.78, 5) is 7.95. The fraction of sp³-hybridized carbons (Fsp3) is 0.417. The normalized spacial score (nSPS) is 21.1. The van der Waals surface area contributed by atoms with Gasteiger partial charge in [0.2, 0.25) is 0 Å². The monoisotopic (exact) mass is 233 g/mol. The van der Waals surface area contributed by atoms with E-state index in [1.165, 1.54) is 18.4 Å². The summed E-state index contributed by atoms with van der Waals surface area (Å²) in [5.41, 5.74) is 2.38. The first kappa shape index (κ1) is 10.1. The average Bonchev–Trinajstić information content (AvgIpc) is 3.01. The third kappa shape index (κ3) is 1.90. The van der Waals surface area contributed by atoms with E-state index in [0.29, 0.717) is 5.92 Å². The molecule has 0 bridgehead atoms. The maximum absolute atomic E-state index is 4.50. The van der Waals surface area contributed by atoms with Crippen LogP contribution in [0.3, 0.4) is 0 Å². The highest BCUT2D eigenvalue weighted by Crippen LogP contribution is 2.25. The molecule has 4 heteroatoms. The summed E-state index contributed by atoms with van der Waals surface area (Å²) >= 11 is 1.72. The minimum absolute atomic E-state index is 0.557. The number of imidazole rings is 1. The lowest BCUT2D eigenvalue weighted by atomic mass is 9.99. The van der Waals surface area contributed by atoms with Crippen molar-refractivity contribution in [2.45, 2.75) is 18.8 Å². The van der Waals surface area contributed by atoms with E-state index in [0.717, 1.165) is 24.6 Å². The average molecular weight is 233 g/mol. The largest absolute Gasteiger partial charge is 0.342 e. The number of aromatic amines is 1. The van der Waals surface area contributed by atoms with Crippen LogP contribution < -0.4 is 5.32 Å². The lowest BCUT2D eigenvalue weighted by Crippen LogP contribution is -2.28. The zero-order valence-electron chi connectivity index (χ0n) is 9.07. The number of nitrogens with one attached hydrogen (secondary N) is 2. The van der Waals surface area contributed by atoms with Crippen molar-refractivity contribution in [1.82, 2.24) is 15.3 Å². The second-order valence-electron chi connectivity index (χ2n) is 4.24. The molecule has 0 aromatic carbocycles. The van der Waals surface area contributed by atoms with Gasteiger partial charge < -0.3 is 10.3 Å². The van der Waals surface area contributed by atoms with Gasteiger partial charge in [0.25, 0.3) is 0 Å². The summed E-state index contributed by atoms with van der Waals surface area (Å²) in [6.07, 6.45) is 4.44. The highest BCUT2D eigenvalue weighted by molar-refractivity contribution is 7.08. The molecule has 2 aromatic heterocycles. The van der Waals surface area contributed by atoms with Crippen LogP contribution in [0.25, 0.3) is 11.3 Å². The molecular weight excluding hydrogens is 218 g/mol. The smallest absolute Gasteiger partial charge is 0.110 e. The van der Waals surface area contributed by atoms with Crippen LogP contribution in [0.5, 0.6) is 0 Å². The Morgan fingerprint density at radius 3 is 3.19 bits per heavy atom. The Balaban J connectivity index is 1.82. The summed E-state index contributed by atoms with van der Waals surface area (Å²) < 4.78 is 0. The third-order valence-corrected chi connectivity index (χ3v) is 3.79. The van der Waals surface area contributed by atoms with Gasteiger partial charge in [-0.1, -0.05) is 0 Å². The van der Waals surface area contributed by atoms with Crippen LogP contribution in [0.1, 0.15) is 24.6 Å². The second kappa shape index (κ2) is 4.39. The molecule has 1 aliphatic heterocycles. The van der Waals surface area contributed by atoms with Crippen LogP contribution in [0, 0.1) is 0 Å². The van der Waals surface area contributed by atoms with Crippen molar-refractivity contribution in [3.8, 4) is 11.3 Å². The molecule has 0 amide bonds. The SMILES string of the molecule is c1cc(-c2cnc(C3CCCNC3)[nH]2)cs1. The van der Waals surface area contributed by atoms with E-state index in [4.69, 9.17) is 0 Å². The van der Waals surface area contributed by atoms with E-state index in [-0.39, 0.29) is 0 Å². The quantitative estimate of drug-likeness (QED) is 0.837. The summed E-state index contributed by atoms with van der Waals surface area (Å²) in [7, 11) is 0. The number of piperidine rings is 1. The predicted octanol–water partition coefficient (Wildman–Crippen LogP) is 2.61. The van der Waals surface area contributed by atoms with Gasteiger partial charge in [-0.15, -0.1) is 0 Å². The zero-order chi connectivity index (χ0) is 10.8. The maximum atomic E-state index is 4.50. The van der Waals surface area contributed by atoms with Gasteiger partial charge in [0, 0.05) is 23.4 Å². The molecule has 3 rings (SSSR count). The molecule has 3 nitrogen and oxygen atoms in total. The van der Waals surface area contributed by atoms with E-state index < -0.39 is 0 Å². The second-order valence-corrected chi connectivity index (χ2v) is 5.02. The van der Waals surface area contributed by atoms with Crippen LogP contribution in [-0.2, 0) is 0 Å². The summed E-state index contributed by atoms with van der Waals surface area (Å²) in [5, 5.41) is 7.66. The van der Waals surface area contributed by atoms with Crippen LogP contribution in [-0.4, -0.2) is 23.1 Å². The van der Waals surface area contributed by atoms with Crippen molar-refractivity contribution in [3.63, 3.8) is 0 Å². The van der Waals surface area contributed by atoms with Gasteiger partial charge >= 0.3 is 0 Å². The molecule has 2 N–H and O–H groups in total. The van der Waals surface area contributed by atoms with Crippen molar-refractivity contribution in [3.05, 3.63) is 28.8 Å². The van der Waals surface area contributed by atoms with E-state index in [9.17, 15) is 0 Å². The molecule has 1 aliphatic rings. The third-order valence-electron chi connectivity index (χ3n) is 3.11. The Morgan fingerprint density at radius 1 is 1.44 bits per heavy atom. The lowest BCUT2D eigenvalue weighted by Gasteiger charge is -2.20. The maximum Gasteiger partial charge on any atom is 0.110 e. The number of H-pyrrole nitrogens is 1. The number of nitrogens with zero attached hydrogens (tertiary/aromatic N) is 1. The van der Waals surface area contributed by atoms with Crippen LogP contribution in [0.4, 0.5) is 0 Å². The number of hydrogen-bond donors (Lipinski definition) is 2. The highest BCUT2D eigenvalue weighted by atomic mass is 32.1. The van der Waals surface area contributed by atoms with Gasteiger partial charge in [-0.05, 0) is 30.8 Å². The lowest BCUT2D eigenvalue weighted by molar-refractivity contribution is 0.449. The molecule has 16 heavy (non-hydrogen) atoms. The predicted molar refractivity (Wildman–Crippen MR) is 66.7 cm³/mol. The standard InChI is InChI=1S/C12H15N3S/c1-2-9(6-13-4-1)12-14-7-11(15-12)10-3-5-16-8-10/h3,5,7-9,13H,1-2,4,6H2,(H,14,15). The fourth-order valence-electron chi connectivity index (χ4n) is 2.19. The van der Waals surface area contributed by atoms with Gasteiger partial charge in [0.15, 0.2) is 0 Å². The van der Waals surface area contributed by atoms with Gasteiger partial charge in [-0.2, -0.15) is 11.3 Å². The Labute approximate surface area is 98.9 Å². The topological polar surface area (TPSA) is 40.7 Å². The summed E-state index contributed by atoms with van der Waals surface area (Å²) in [6.45, 7) is 2.20. The zero-order valence-corrected chi connectivity index (χ0v) is 9.89. The molecule has 0 spiro atoms. The first-order valence-electron chi connectivity index (χ1n) is 5.71. The molecule has 0 saturated carbocycles. The highest BCUT2D eigenvalue weighted by Gasteiger charge is 2.18. The molecule has 1 fully saturated rings. The minimum Gasteiger partial charge on any atom is -0.342 e.